The van der Waals surface area contributed by atoms with Crippen molar-refractivity contribution in [2.45, 2.75) is 19.9 Å². The van der Waals surface area contributed by atoms with E-state index in [1.807, 2.05) is 12.1 Å². The number of guanidine groups is 1. The van der Waals surface area contributed by atoms with Gasteiger partial charge in [0, 0.05) is 12.6 Å². The van der Waals surface area contributed by atoms with E-state index in [2.05, 4.69) is 22.2 Å². The van der Waals surface area contributed by atoms with Gasteiger partial charge in [0.2, 0.25) is 5.88 Å². The van der Waals surface area contributed by atoms with Gasteiger partial charge in [0.25, 0.3) is 0 Å². The van der Waals surface area contributed by atoms with Crippen LogP contribution in [0.25, 0.3) is 0 Å². The Bertz CT molecular complexity index is 357. The molecule has 1 heterocycles. The van der Waals surface area contributed by atoms with Gasteiger partial charge < -0.3 is 15.8 Å². The molecule has 0 saturated heterocycles. The van der Waals surface area contributed by atoms with E-state index >= 15 is 0 Å². The van der Waals surface area contributed by atoms with Crippen molar-refractivity contribution < 1.29 is 4.74 Å². The first kappa shape index (κ1) is 16.0. The number of rotatable bonds is 5. The quantitative estimate of drug-likeness (QED) is 0.480. The SMILES string of the molecule is CCCNC(N)=NCc1cccc(OC)n1.I. The molecule has 0 aliphatic carbocycles. The molecular weight excluding hydrogens is 331 g/mol. The van der Waals surface area contributed by atoms with Crippen LogP contribution < -0.4 is 15.8 Å². The van der Waals surface area contributed by atoms with Crippen molar-refractivity contribution in [3.63, 3.8) is 0 Å². The lowest BCUT2D eigenvalue weighted by Crippen LogP contribution is -2.32. The molecule has 0 aliphatic heterocycles. The molecule has 0 aliphatic rings. The summed E-state index contributed by atoms with van der Waals surface area (Å²) in [6, 6.07) is 5.57. The number of pyridine rings is 1. The van der Waals surface area contributed by atoms with Gasteiger partial charge in [-0.05, 0) is 12.5 Å². The Morgan fingerprint density at radius 3 is 2.94 bits per heavy atom. The zero-order valence-corrected chi connectivity index (χ0v) is 12.5. The van der Waals surface area contributed by atoms with E-state index < -0.39 is 0 Å². The van der Waals surface area contributed by atoms with Crippen LogP contribution in [0.5, 0.6) is 5.88 Å². The monoisotopic (exact) mass is 350 g/mol. The fourth-order valence-corrected chi connectivity index (χ4v) is 1.13. The first-order chi connectivity index (χ1) is 7.76. The van der Waals surface area contributed by atoms with Crippen molar-refractivity contribution in [2.24, 2.45) is 10.7 Å². The molecule has 3 N–H and O–H groups in total. The zero-order valence-electron chi connectivity index (χ0n) is 10.1. The van der Waals surface area contributed by atoms with E-state index in [1.54, 1.807) is 13.2 Å². The topological polar surface area (TPSA) is 72.5 Å². The van der Waals surface area contributed by atoms with E-state index in [1.165, 1.54) is 0 Å². The molecule has 0 fully saturated rings. The van der Waals surface area contributed by atoms with E-state index in [0.29, 0.717) is 18.4 Å². The lowest BCUT2D eigenvalue weighted by Gasteiger charge is -2.04. The molecule has 1 aromatic heterocycles. The van der Waals surface area contributed by atoms with Gasteiger partial charge in [0.15, 0.2) is 5.96 Å². The second-order valence-electron chi connectivity index (χ2n) is 3.30. The number of nitrogens with two attached hydrogens (primary N) is 1. The number of halogens is 1. The molecule has 17 heavy (non-hydrogen) atoms. The third kappa shape index (κ3) is 6.30. The van der Waals surface area contributed by atoms with Crippen LogP contribution in [0.2, 0.25) is 0 Å². The predicted molar refractivity (Wildman–Crippen MR) is 79.8 cm³/mol. The molecule has 0 bridgehead atoms. The maximum absolute atomic E-state index is 5.66. The molecule has 0 atom stereocenters. The summed E-state index contributed by atoms with van der Waals surface area (Å²) in [7, 11) is 1.59. The number of aliphatic imine (C=N–C) groups is 1. The second kappa shape index (κ2) is 9.03. The number of ether oxygens (including phenoxy) is 1. The Morgan fingerprint density at radius 2 is 2.29 bits per heavy atom. The number of hydrogen-bond donors (Lipinski definition) is 2. The van der Waals surface area contributed by atoms with Crippen LogP contribution in [0.1, 0.15) is 19.0 Å². The summed E-state index contributed by atoms with van der Waals surface area (Å²) in [6.45, 7) is 3.37. The highest BCUT2D eigenvalue weighted by molar-refractivity contribution is 14.0. The van der Waals surface area contributed by atoms with Gasteiger partial charge in [-0.25, -0.2) is 9.98 Å². The first-order valence-corrected chi connectivity index (χ1v) is 5.30. The Morgan fingerprint density at radius 1 is 1.53 bits per heavy atom. The summed E-state index contributed by atoms with van der Waals surface area (Å²) >= 11 is 0. The van der Waals surface area contributed by atoms with E-state index in [9.17, 15) is 0 Å². The molecule has 5 nitrogen and oxygen atoms in total. The highest BCUT2D eigenvalue weighted by Gasteiger charge is 1.96. The summed E-state index contributed by atoms with van der Waals surface area (Å²) < 4.78 is 5.02. The van der Waals surface area contributed by atoms with Gasteiger partial charge in [-0.3, -0.25) is 0 Å². The van der Waals surface area contributed by atoms with Crippen molar-refractivity contribution in [1.82, 2.24) is 10.3 Å². The van der Waals surface area contributed by atoms with Crippen LogP contribution in [0, 0.1) is 0 Å². The second-order valence-corrected chi connectivity index (χ2v) is 3.30. The fourth-order valence-electron chi connectivity index (χ4n) is 1.13. The Kier molecular flexibility index (Phi) is 8.47. The van der Waals surface area contributed by atoms with Crippen LogP contribution >= 0.6 is 24.0 Å². The average Bonchev–Trinajstić information content (AvgIpc) is 2.34. The highest BCUT2D eigenvalue weighted by atomic mass is 127. The Hall–Kier alpha value is -1.05. The molecule has 0 spiro atoms. The summed E-state index contributed by atoms with van der Waals surface area (Å²) in [5.74, 6) is 1.04. The summed E-state index contributed by atoms with van der Waals surface area (Å²) in [5, 5.41) is 3.00. The van der Waals surface area contributed by atoms with Gasteiger partial charge in [-0.1, -0.05) is 13.0 Å². The maximum atomic E-state index is 5.66. The van der Waals surface area contributed by atoms with Crippen LogP contribution in [0.15, 0.2) is 23.2 Å². The van der Waals surface area contributed by atoms with Crippen LogP contribution in [-0.4, -0.2) is 24.6 Å². The standard InChI is InChI=1S/C11H18N4O.HI/c1-3-7-13-11(12)14-8-9-5-4-6-10(15-9)16-2;/h4-6H,3,7-8H2,1-2H3,(H3,12,13,14);1H. The number of nitrogens with one attached hydrogen (secondary N) is 1. The van der Waals surface area contributed by atoms with Crippen LogP contribution in [0.4, 0.5) is 0 Å². The minimum absolute atomic E-state index is 0. The molecular formula is C11H19IN4O. The van der Waals surface area contributed by atoms with Crippen LogP contribution in [0.3, 0.4) is 0 Å². The van der Waals surface area contributed by atoms with Gasteiger partial charge in [-0.2, -0.15) is 0 Å². The molecule has 0 unspecified atom stereocenters. The summed E-state index contributed by atoms with van der Waals surface area (Å²) in [5.41, 5.74) is 6.49. The van der Waals surface area contributed by atoms with Crippen molar-refractivity contribution in [3.05, 3.63) is 23.9 Å². The molecule has 0 radical (unpaired) electrons. The van der Waals surface area contributed by atoms with Gasteiger partial charge in [0.05, 0.1) is 19.3 Å². The number of methoxy groups -OCH3 is 1. The van der Waals surface area contributed by atoms with Crippen molar-refractivity contribution >= 4 is 29.9 Å². The lowest BCUT2D eigenvalue weighted by atomic mass is 10.3. The third-order valence-electron chi connectivity index (χ3n) is 1.96. The largest absolute Gasteiger partial charge is 0.481 e. The van der Waals surface area contributed by atoms with E-state index in [4.69, 9.17) is 10.5 Å². The number of hydrogen-bond acceptors (Lipinski definition) is 3. The van der Waals surface area contributed by atoms with Crippen molar-refractivity contribution in [3.8, 4) is 5.88 Å². The third-order valence-corrected chi connectivity index (χ3v) is 1.96. The van der Waals surface area contributed by atoms with Gasteiger partial charge >= 0.3 is 0 Å². The summed E-state index contributed by atoms with van der Waals surface area (Å²) in [6.07, 6.45) is 1.02. The Labute approximate surface area is 119 Å². The molecule has 1 aromatic rings. The van der Waals surface area contributed by atoms with E-state index in [-0.39, 0.29) is 24.0 Å². The minimum Gasteiger partial charge on any atom is -0.481 e. The Balaban J connectivity index is 0.00000256. The fraction of sp³-hybridized carbons (Fsp3) is 0.455. The smallest absolute Gasteiger partial charge is 0.213 e. The van der Waals surface area contributed by atoms with Crippen molar-refractivity contribution in [2.75, 3.05) is 13.7 Å². The van der Waals surface area contributed by atoms with Gasteiger partial charge in [0.1, 0.15) is 0 Å². The molecule has 6 heteroatoms. The van der Waals surface area contributed by atoms with Gasteiger partial charge in [-0.15, -0.1) is 24.0 Å². The first-order valence-electron chi connectivity index (χ1n) is 5.30. The van der Waals surface area contributed by atoms with Crippen LogP contribution in [-0.2, 0) is 6.54 Å². The number of nitrogens with zero attached hydrogens (tertiary/aromatic N) is 2. The predicted octanol–water partition coefficient (Wildman–Crippen LogP) is 1.52. The molecule has 0 amide bonds. The lowest BCUT2D eigenvalue weighted by molar-refractivity contribution is 0.396. The molecule has 96 valence electrons. The zero-order chi connectivity index (χ0) is 11.8. The van der Waals surface area contributed by atoms with Crippen molar-refractivity contribution in [1.29, 1.82) is 0 Å². The maximum Gasteiger partial charge on any atom is 0.213 e. The molecule has 1 rings (SSSR count). The average molecular weight is 350 g/mol. The normalized spacial score (nSPS) is 10.6. The molecule has 0 saturated carbocycles. The van der Waals surface area contributed by atoms with E-state index in [0.717, 1.165) is 18.7 Å². The minimum atomic E-state index is 0. The summed E-state index contributed by atoms with van der Waals surface area (Å²) in [4.78, 5) is 8.40. The highest BCUT2D eigenvalue weighted by Crippen LogP contribution is 2.06. The number of aromatic nitrogens is 1. The molecule has 0 aromatic carbocycles.